The molecule has 0 saturated heterocycles. The normalized spacial score (nSPS) is 11.5. The van der Waals surface area contributed by atoms with Gasteiger partial charge in [-0.2, -0.15) is 13.2 Å². The van der Waals surface area contributed by atoms with E-state index >= 15 is 0 Å². The first-order chi connectivity index (χ1) is 9.91. The average Bonchev–Trinajstić information content (AvgIpc) is 2.43. The van der Waals surface area contributed by atoms with Crippen LogP contribution in [-0.2, 0) is 6.18 Å². The van der Waals surface area contributed by atoms with Crippen molar-refractivity contribution in [3.63, 3.8) is 0 Å². The van der Waals surface area contributed by atoms with Crippen LogP contribution in [0.5, 0.6) is 0 Å². The second-order valence-corrected chi connectivity index (χ2v) is 5.18. The van der Waals surface area contributed by atoms with Crippen molar-refractivity contribution >= 4 is 17.6 Å². The van der Waals surface area contributed by atoms with Gasteiger partial charge in [-0.15, -0.1) is 0 Å². The van der Waals surface area contributed by atoms with Gasteiger partial charge in [-0.05, 0) is 37.7 Å². The number of alkyl halides is 3. The summed E-state index contributed by atoms with van der Waals surface area (Å²) in [7, 11) is 0. The van der Waals surface area contributed by atoms with Gasteiger partial charge in [-0.1, -0.05) is 0 Å². The first kappa shape index (κ1) is 15.6. The monoisotopic (exact) mass is 314 g/mol. The van der Waals surface area contributed by atoms with Gasteiger partial charge < -0.3 is 5.32 Å². The molecule has 1 N–H and O–H groups in total. The Bertz CT molecular complexity index is 614. The molecule has 2 aromatic heterocycles. The Hall–Kier alpha value is -1.83. The number of hydrogen-bond donors (Lipinski definition) is 1. The van der Waals surface area contributed by atoms with Crippen molar-refractivity contribution in [1.82, 2.24) is 15.0 Å². The summed E-state index contributed by atoms with van der Waals surface area (Å²) in [6.07, 6.45) is -2.14. The van der Waals surface area contributed by atoms with Crippen LogP contribution in [0.1, 0.15) is 18.1 Å². The molecule has 0 amide bonds. The second-order valence-electron chi connectivity index (χ2n) is 4.17. The molecular formula is C13H13F3N4S. The Morgan fingerprint density at radius 3 is 2.52 bits per heavy atom. The largest absolute Gasteiger partial charge is 0.417 e. The predicted octanol–water partition coefficient (Wildman–Crippen LogP) is 3.78. The van der Waals surface area contributed by atoms with E-state index in [2.05, 4.69) is 20.3 Å². The third-order valence-corrected chi connectivity index (χ3v) is 3.70. The van der Waals surface area contributed by atoms with Crippen molar-refractivity contribution in [1.29, 1.82) is 0 Å². The summed E-state index contributed by atoms with van der Waals surface area (Å²) in [5.74, 6) is 0.710. The van der Waals surface area contributed by atoms with Crippen molar-refractivity contribution < 1.29 is 13.2 Å². The number of nitrogens with zero attached hydrogens (tertiary/aromatic N) is 3. The highest BCUT2D eigenvalue weighted by Crippen LogP contribution is 2.32. The summed E-state index contributed by atoms with van der Waals surface area (Å²) >= 11 is 1.20. The van der Waals surface area contributed by atoms with Gasteiger partial charge in [0.25, 0.3) is 0 Å². The van der Waals surface area contributed by atoms with E-state index in [1.807, 2.05) is 13.8 Å². The zero-order valence-electron chi connectivity index (χ0n) is 11.4. The van der Waals surface area contributed by atoms with Crippen LogP contribution in [0.4, 0.5) is 19.0 Å². The molecule has 0 saturated carbocycles. The van der Waals surface area contributed by atoms with Crippen molar-refractivity contribution in [2.45, 2.75) is 30.1 Å². The molecule has 0 aliphatic carbocycles. The first-order valence-electron chi connectivity index (χ1n) is 6.18. The van der Waals surface area contributed by atoms with Crippen molar-refractivity contribution in [2.24, 2.45) is 0 Å². The maximum Gasteiger partial charge on any atom is 0.417 e. The molecular weight excluding hydrogens is 301 g/mol. The van der Waals surface area contributed by atoms with E-state index in [0.717, 1.165) is 24.4 Å². The molecule has 0 fully saturated rings. The summed E-state index contributed by atoms with van der Waals surface area (Å²) in [6.45, 7) is 4.52. The molecule has 2 heterocycles. The fourth-order valence-electron chi connectivity index (χ4n) is 1.59. The van der Waals surface area contributed by atoms with Crippen LogP contribution in [0, 0.1) is 6.92 Å². The maximum absolute atomic E-state index is 12.5. The quantitative estimate of drug-likeness (QED) is 0.870. The Labute approximate surface area is 124 Å². The smallest absolute Gasteiger partial charge is 0.370 e. The number of rotatable bonds is 4. The molecule has 0 aliphatic rings. The summed E-state index contributed by atoms with van der Waals surface area (Å²) in [4.78, 5) is 12.1. The van der Waals surface area contributed by atoms with E-state index < -0.39 is 11.7 Å². The number of anilines is 1. The lowest BCUT2D eigenvalue weighted by Gasteiger charge is -2.10. The van der Waals surface area contributed by atoms with E-state index in [9.17, 15) is 13.2 Å². The molecule has 112 valence electrons. The lowest BCUT2D eigenvalue weighted by atomic mass is 10.3. The number of pyridine rings is 1. The third kappa shape index (κ3) is 3.84. The Kier molecular flexibility index (Phi) is 4.66. The van der Waals surface area contributed by atoms with Gasteiger partial charge in [0.05, 0.1) is 5.56 Å². The maximum atomic E-state index is 12.5. The van der Waals surface area contributed by atoms with Gasteiger partial charge in [0.15, 0.2) is 0 Å². The van der Waals surface area contributed by atoms with E-state index in [0.29, 0.717) is 15.9 Å². The summed E-state index contributed by atoms with van der Waals surface area (Å²) in [5.41, 5.74) is 0.0747. The average molecular weight is 314 g/mol. The zero-order chi connectivity index (χ0) is 15.5. The van der Waals surface area contributed by atoms with Crippen LogP contribution in [0.2, 0.25) is 0 Å². The summed E-state index contributed by atoms with van der Waals surface area (Å²) in [6, 6.07) is 2.35. The standard InChI is InChI=1S/C13H13F3N4S/c1-3-17-11-8(2)12(20-7-19-11)21-10-5-4-9(6-18-10)13(14,15)16/h4-7H,3H2,1-2H3,(H,17,19,20). The van der Waals surface area contributed by atoms with Crippen LogP contribution in [0.25, 0.3) is 0 Å². The van der Waals surface area contributed by atoms with Gasteiger partial charge in [0, 0.05) is 18.3 Å². The van der Waals surface area contributed by atoms with Gasteiger partial charge in [-0.3, -0.25) is 0 Å². The molecule has 8 heteroatoms. The van der Waals surface area contributed by atoms with Crippen LogP contribution in [0.15, 0.2) is 34.7 Å². The second kappa shape index (κ2) is 6.30. The van der Waals surface area contributed by atoms with Gasteiger partial charge in [-0.25, -0.2) is 15.0 Å². The lowest BCUT2D eigenvalue weighted by molar-refractivity contribution is -0.137. The highest BCUT2D eigenvalue weighted by Gasteiger charge is 2.30. The minimum absolute atomic E-state index is 0.451. The van der Waals surface area contributed by atoms with Crippen molar-refractivity contribution in [3.8, 4) is 0 Å². The van der Waals surface area contributed by atoms with Crippen LogP contribution in [-0.4, -0.2) is 21.5 Å². The van der Waals surface area contributed by atoms with E-state index in [1.165, 1.54) is 24.2 Å². The number of aromatic nitrogens is 3. The molecule has 0 atom stereocenters. The van der Waals surface area contributed by atoms with Crippen molar-refractivity contribution in [3.05, 3.63) is 35.8 Å². The SMILES string of the molecule is CCNc1ncnc(Sc2ccc(C(F)(F)F)cn2)c1C. The summed E-state index contributed by atoms with van der Waals surface area (Å²) < 4.78 is 37.4. The predicted molar refractivity (Wildman–Crippen MR) is 74.3 cm³/mol. The van der Waals surface area contributed by atoms with Crippen LogP contribution >= 0.6 is 11.8 Å². The Morgan fingerprint density at radius 1 is 1.19 bits per heavy atom. The molecule has 0 aliphatic heterocycles. The molecule has 0 spiro atoms. The van der Waals surface area contributed by atoms with Gasteiger partial charge >= 0.3 is 6.18 Å². The van der Waals surface area contributed by atoms with Gasteiger partial charge in [0.1, 0.15) is 22.2 Å². The fraction of sp³-hybridized carbons (Fsp3) is 0.308. The molecule has 2 rings (SSSR count). The first-order valence-corrected chi connectivity index (χ1v) is 7.00. The molecule has 0 unspecified atom stereocenters. The topological polar surface area (TPSA) is 50.7 Å². The van der Waals surface area contributed by atoms with E-state index in [-0.39, 0.29) is 0 Å². The summed E-state index contributed by atoms with van der Waals surface area (Å²) in [5, 5.41) is 4.21. The van der Waals surface area contributed by atoms with E-state index in [1.54, 1.807) is 0 Å². The minimum atomic E-state index is -4.38. The zero-order valence-corrected chi connectivity index (χ0v) is 12.2. The van der Waals surface area contributed by atoms with Crippen LogP contribution < -0.4 is 5.32 Å². The lowest BCUT2D eigenvalue weighted by Crippen LogP contribution is -2.05. The molecule has 0 bridgehead atoms. The Morgan fingerprint density at radius 2 is 1.95 bits per heavy atom. The third-order valence-electron chi connectivity index (χ3n) is 2.65. The van der Waals surface area contributed by atoms with Crippen molar-refractivity contribution in [2.75, 3.05) is 11.9 Å². The molecule has 4 nitrogen and oxygen atoms in total. The molecule has 0 radical (unpaired) electrons. The molecule has 2 aromatic rings. The highest BCUT2D eigenvalue weighted by molar-refractivity contribution is 7.99. The minimum Gasteiger partial charge on any atom is -0.370 e. The highest BCUT2D eigenvalue weighted by atomic mass is 32.2. The number of hydrogen-bond acceptors (Lipinski definition) is 5. The molecule has 21 heavy (non-hydrogen) atoms. The van der Waals surface area contributed by atoms with E-state index in [4.69, 9.17) is 0 Å². The van der Waals surface area contributed by atoms with Gasteiger partial charge in [0.2, 0.25) is 0 Å². The fourth-order valence-corrected chi connectivity index (χ4v) is 2.38. The number of nitrogens with one attached hydrogen (secondary N) is 1. The Balaban J connectivity index is 2.20. The van der Waals surface area contributed by atoms with Crippen LogP contribution in [0.3, 0.4) is 0 Å². The number of halogens is 3. The molecule has 0 aromatic carbocycles.